The predicted molar refractivity (Wildman–Crippen MR) is 245 cm³/mol. The Morgan fingerprint density at radius 2 is 1.61 bits per heavy atom. The van der Waals surface area contributed by atoms with Gasteiger partial charge in [-0.25, -0.2) is 4.79 Å². The van der Waals surface area contributed by atoms with Crippen molar-refractivity contribution in [2.45, 2.75) is 77.4 Å². The minimum Gasteiger partial charge on any atom is -0.489 e. The van der Waals surface area contributed by atoms with Gasteiger partial charge >= 0.3 is 5.97 Å². The van der Waals surface area contributed by atoms with E-state index in [0.29, 0.717) is 53.5 Å². The molecule has 0 fully saturated rings. The molecule has 6 aromatic rings. The van der Waals surface area contributed by atoms with E-state index in [1.165, 1.54) is 0 Å². The van der Waals surface area contributed by atoms with Crippen LogP contribution >= 0.6 is 35.6 Å². The highest BCUT2D eigenvalue weighted by Crippen LogP contribution is 2.43. The maximum Gasteiger partial charge on any atom is 0.326 e. The van der Waals surface area contributed by atoms with E-state index >= 15 is 0 Å². The minimum atomic E-state index is -1.12. The standard InChI is InChI=1S/C50H47Cl2N3O6.ClH/c1-4-44(35-8-6-5-7-9-35)55-27-38-26-47-46(60-29-48(61-47)36-15-17-39(18-16-36)59-28-33-12-19-41(51)42(52)22-33)25-37(38)24-45(55)49(56)54-43(50(57)58)23-32-10-13-34(14-11-32)40-20-21-53-31(3)30(40)2;/h5-22,25-26,43-45,48H,4,23-24,27-29H2,1-3H3,(H,54,56)(H,57,58);1H/t43-,44-,45-,48+;/m0./s1. The first-order chi connectivity index (χ1) is 29.5. The molecule has 1 aromatic heterocycles. The SMILES string of the molecule is CC[C@@H](c1ccccc1)N1Cc2cc3c(cc2C[C@H]1C(=O)N[C@@H](Cc1ccc(-c2ccnc(C)c2C)cc1)C(=O)O)OC[C@H](c1ccc(OCc2ccc(Cl)c(Cl)c2)cc1)O3.Cl. The van der Waals surface area contributed by atoms with E-state index < -0.39 is 18.1 Å². The first-order valence-electron chi connectivity index (χ1n) is 20.5. The third-order valence-corrected chi connectivity index (χ3v) is 12.5. The average Bonchev–Trinajstić information content (AvgIpc) is 3.27. The van der Waals surface area contributed by atoms with Crippen molar-refractivity contribution >= 4 is 47.5 Å². The quantitative estimate of drug-likeness (QED) is 0.118. The molecule has 0 saturated carbocycles. The summed E-state index contributed by atoms with van der Waals surface area (Å²) in [5.41, 5.74) is 9.92. The lowest BCUT2D eigenvalue weighted by atomic mass is 9.89. The van der Waals surface area contributed by atoms with Crippen molar-refractivity contribution in [1.29, 1.82) is 0 Å². The summed E-state index contributed by atoms with van der Waals surface area (Å²) in [4.78, 5) is 33.7. The molecule has 5 aromatic carbocycles. The summed E-state index contributed by atoms with van der Waals surface area (Å²) in [6, 6.07) is 35.3. The molecule has 2 aliphatic heterocycles. The lowest BCUT2D eigenvalue weighted by molar-refractivity contribution is -0.143. The topological polar surface area (TPSA) is 110 Å². The fourth-order valence-electron chi connectivity index (χ4n) is 8.30. The summed E-state index contributed by atoms with van der Waals surface area (Å²) in [6.07, 6.45) is 2.72. The molecule has 2 aliphatic rings. The number of hydrogen-bond donors (Lipinski definition) is 2. The summed E-state index contributed by atoms with van der Waals surface area (Å²) in [5.74, 6) is 0.542. The van der Waals surface area contributed by atoms with Crippen LogP contribution in [-0.2, 0) is 35.6 Å². The van der Waals surface area contributed by atoms with E-state index in [1.54, 1.807) is 18.3 Å². The minimum absolute atomic E-state index is 0. The molecule has 0 spiro atoms. The smallest absolute Gasteiger partial charge is 0.326 e. The second-order valence-electron chi connectivity index (χ2n) is 15.7. The van der Waals surface area contributed by atoms with Gasteiger partial charge in [-0.15, -0.1) is 12.4 Å². The van der Waals surface area contributed by atoms with Crippen molar-refractivity contribution in [2.75, 3.05) is 6.61 Å². The van der Waals surface area contributed by atoms with Gasteiger partial charge < -0.3 is 24.6 Å². The third kappa shape index (κ3) is 9.87. The number of halogens is 3. The molecule has 3 heterocycles. The number of carbonyl (C=O) groups is 2. The molecule has 1 amide bonds. The number of hydrogen-bond acceptors (Lipinski definition) is 7. The average molecular weight is 893 g/mol. The van der Waals surface area contributed by atoms with Crippen LogP contribution in [0.2, 0.25) is 10.0 Å². The molecule has 62 heavy (non-hydrogen) atoms. The monoisotopic (exact) mass is 891 g/mol. The van der Waals surface area contributed by atoms with Crippen LogP contribution in [0.15, 0.2) is 121 Å². The second kappa shape index (κ2) is 19.6. The molecular formula is C50H48Cl3N3O6. The molecule has 0 saturated heterocycles. The van der Waals surface area contributed by atoms with Crippen molar-refractivity contribution in [2.24, 2.45) is 0 Å². The van der Waals surface area contributed by atoms with Gasteiger partial charge in [-0.2, -0.15) is 0 Å². The van der Waals surface area contributed by atoms with Gasteiger partial charge in [0.1, 0.15) is 25.0 Å². The van der Waals surface area contributed by atoms with Gasteiger partial charge in [0, 0.05) is 30.9 Å². The maximum atomic E-state index is 14.4. The number of nitrogens with one attached hydrogen (secondary N) is 1. The number of benzene rings is 5. The van der Waals surface area contributed by atoms with Crippen molar-refractivity contribution < 1.29 is 28.9 Å². The van der Waals surface area contributed by atoms with E-state index in [0.717, 1.165) is 62.2 Å². The van der Waals surface area contributed by atoms with Crippen molar-refractivity contribution in [3.63, 3.8) is 0 Å². The number of carboxylic acid groups (broad SMARTS) is 1. The number of aryl methyl sites for hydroxylation is 1. The van der Waals surface area contributed by atoms with Crippen LogP contribution in [0.5, 0.6) is 17.2 Å². The predicted octanol–water partition coefficient (Wildman–Crippen LogP) is 10.9. The Balaban J connectivity index is 0.00000578. The molecule has 12 heteroatoms. The molecule has 0 unspecified atom stereocenters. The summed E-state index contributed by atoms with van der Waals surface area (Å²) < 4.78 is 18.9. The van der Waals surface area contributed by atoms with E-state index in [-0.39, 0.29) is 36.9 Å². The van der Waals surface area contributed by atoms with E-state index in [9.17, 15) is 14.7 Å². The first-order valence-corrected chi connectivity index (χ1v) is 21.3. The molecule has 0 radical (unpaired) electrons. The number of carbonyl (C=O) groups excluding carboxylic acids is 1. The normalized spacial score (nSPS) is 16.6. The molecular weight excluding hydrogens is 845 g/mol. The molecule has 320 valence electrons. The van der Waals surface area contributed by atoms with Crippen LogP contribution in [0.3, 0.4) is 0 Å². The number of rotatable bonds is 13. The van der Waals surface area contributed by atoms with Gasteiger partial charge in [0.2, 0.25) is 5.91 Å². The number of fused-ring (bicyclic) bond motifs is 2. The lowest BCUT2D eigenvalue weighted by Gasteiger charge is -2.42. The van der Waals surface area contributed by atoms with Crippen molar-refractivity contribution in [3.05, 3.63) is 176 Å². The zero-order chi connectivity index (χ0) is 42.6. The Labute approximate surface area is 378 Å². The van der Waals surface area contributed by atoms with Gasteiger partial charge in [0.25, 0.3) is 0 Å². The highest BCUT2D eigenvalue weighted by Gasteiger charge is 2.39. The maximum absolute atomic E-state index is 14.4. The van der Waals surface area contributed by atoms with Crippen LogP contribution in [-0.4, -0.2) is 45.6 Å². The van der Waals surface area contributed by atoms with Crippen molar-refractivity contribution in [3.8, 4) is 28.4 Å². The highest BCUT2D eigenvalue weighted by molar-refractivity contribution is 6.42. The molecule has 0 aliphatic carbocycles. The summed E-state index contributed by atoms with van der Waals surface area (Å²) in [6.45, 7) is 7.25. The molecule has 4 atom stereocenters. The summed E-state index contributed by atoms with van der Waals surface area (Å²) >= 11 is 12.2. The number of aliphatic carboxylic acids is 1. The van der Waals surface area contributed by atoms with Crippen LogP contribution in [0.4, 0.5) is 0 Å². The van der Waals surface area contributed by atoms with Gasteiger partial charge in [-0.3, -0.25) is 14.7 Å². The number of ether oxygens (including phenoxy) is 3. The molecule has 9 nitrogen and oxygen atoms in total. The number of aromatic nitrogens is 1. The second-order valence-corrected chi connectivity index (χ2v) is 16.5. The van der Waals surface area contributed by atoms with Gasteiger partial charge in [0.15, 0.2) is 17.6 Å². The highest BCUT2D eigenvalue weighted by atomic mass is 35.5. The Kier molecular flexibility index (Phi) is 14.1. The van der Waals surface area contributed by atoms with E-state index in [2.05, 4.69) is 34.3 Å². The zero-order valence-electron chi connectivity index (χ0n) is 34.6. The fraction of sp³-hybridized carbons (Fsp3) is 0.260. The Morgan fingerprint density at radius 3 is 2.32 bits per heavy atom. The van der Waals surface area contributed by atoms with Crippen LogP contribution in [0, 0.1) is 13.8 Å². The van der Waals surface area contributed by atoms with Gasteiger partial charge in [-0.1, -0.05) is 103 Å². The third-order valence-electron chi connectivity index (χ3n) is 11.8. The number of pyridine rings is 1. The Morgan fingerprint density at radius 1 is 0.887 bits per heavy atom. The summed E-state index contributed by atoms with van der Waals surface area (Å²) in [5, 5.41) is 14.3. The van der Waals surface area contributed by atoms with Crippen LogP contribution in [0.1, 0.15) is 70.1 Å². The first kappa shape index (κ1) is 44.5. The van der Waals surface area contributed by atoms with Crippen LogP contribution in [0.25, 0.3) is 11.1 Å². The van der Waals surface area contributed by atoms with E-state index in [4.69, 9.17) is 37.4 Å². The Hall–Kier alpha value is -5.58. The van der Waals surface area contributed by atoms with Gasteiger partial charge in [-0.05, 0) is 119 Å². The summed E-state index contributed by atoms with van der Waals surface area (Å²) in [7, 11) is 0. The molecule has 0 bridgehead atoms. The Bertz CT molecular complexity index is 2540. The zero-order valence-corrected chi connectivity index (χ0v) is 37.0. The number of amides is 1. The largest absolute Gasteiger partial charge is 0.489 e. The lowest BCUT2D eigenvalue weighted by Crippen LogP contribution is -2.55. The van der Waals surface area contributed by atoms with Crippen LogP contribution < -0.4 is 19.5 Å². The molecule has 8 rings (SSSR count). The number of carboxylic acids is 1. The van der Waals surface area contributed by atoms with E-state index in [1.807, 2.05) is 105 Å². The molecule has 2 N–H and O–H groups in total. The van der Waals surface area contributed by atoms with Crippen molar-refractivity contribution in [1.82, 2.24) is 15.2 Å². The van der Waals surface area contributed by atoms with Gasteiger partial charge in [0.05, 0.1) is 16.1 Å². The number of nitrogens with zero attached hydrogens (tertiary/aromatic N) is 2. The fourth-order valence-corrected chi connectivity index (χ4v) is 8.62.